The Morgan fingerprint density at radius 3 is 2.38 bits per heavy atom. The number of hydrogen-bond donors (Lipinski definition) is 1. The van der Waals surface area contributed by atoms with E-state index in [2.05, 4.69) is 5.32 Å². The lowest BCUT2D eigenvalue weighted by molar-refractivity contribution is -0.137. The van der Waals surface area contributed by atoms with Gasteiger partial charge in [0.25, 0.3) is 11.8 Å². The van der Waals surface area contributed by atoms with Crippen LogP contribution < -0.4 is 10.1 Å². The van der Waals surface area contributed by atoms with Crippen molar-refractivity contribution in [1.29, 1.82) is 0 Å². The SMILES string of the molecule is CCOc1ccc(C2=C(Nc3cccc(C)c3C)C(=O)N(CCOC)C2=O)cc1. The predicted molar refractivity (Wildman–Crippen MR) is 113 cm³/mol. The smallest absolute Gasteiger partial charge is 0.278 e. The maximum absolute atomic E-state index is 13.1. The van der Waals surface area contributed by atoms with Gasteiger partial charge in [-0.3, -0.25) is 14.5 Å². The summed E-state index contributed by atoms with van der Waals surface area (Å²) in [7, 11) is 1.54. The lowest BCUT2D eigenvalue weighted by atomic mass is 10.0. The summed E-state index contributed by atoms with van der Waals surface area (Å²) < 4.78 is 10.6. The number of imide groups is 1. The predicted octanol–water partition coefficient (Wildman–Crippen LogP) is 3.54. The Morgan fingerprint density at radius 2 is 1.72 bits per heavy atom. The highest BCUT2D eigenvalue weighted by molar-refractivity contribution is 6.36. The highest BCUT2D eigenvalue weighted by Crippen LogP contribution is 2.32. The largest absolute Gasteiger partial charge is 0.494 e. The van der Waals surface area contributed by atoms with E-state index in [1.54, 1.807) is 31.4 Å². The molecule has 3 rings (SSSR count). The molecule has 6 heteroatoms. The lowest BCUT2D eigenvalue weighted by Crippen LogP contribution is -2.35. The molecule has 0 radical (unpaired) electrons. The molecule has 2 amide bonds. The summed E-state index contributed by atoms with van der Waals surface area (Å²) in [6.07, 6.45) is 0. The van der Waals surface area contributed by atoms with Crippen molar-refractivity contribution in [1.82, 2.24) is 4.90 Å². The van der Waals surface area contributed by atoms with Crippen molar-refractivity contribution < 1.29 is 19.1 Å². The number of benzene rings is 2. The number of nitrogens with zero attached hydrogens (tertiary/aromatic N) is 1. The summed E-state index contributed by atoms with van der Waals surface area (Å²) >= 11 is 0. The highest BCUT2D eigenvalue weighted by atomic mass is 16.5. The summed E-state index contributed by atoms with van der Waals surface area (Å²) in [6.45, 7) is 6.95. The van der Waals surface area contributed by atoms with Gasteiger partial charge in [0.1, 0.15) is 11.4 Å². The van der Waals surface area contributed by atoms with Crippen molar-refractivity contribution in [2.45, 2.75) is 20.8 Å². The number of anilines is 1. The quantitative estimate of drug-likeness (QED) is 0.694. The third-order valence-corrected chi connectivity index (χ3v) is 5.01. The van der Waals surface area contributed by atoms with Crippen molar-refractivity contribution >= 4 is 23.1 Å². The number of ether oxygens (including phenoxy) is 2. The molecule has 0 aromatic heterocycles. The second-order valence-corrected chi connectivity index (χ2v) is 6.83. The van der Waals surface area contributed by atoms with Gasteiger partial charge >= 0.3 is 0 Å². The van der Waals surface area contributed by atoms with Crippen LogP contribution in [0.25, 0.3) is 5.57 Å². The molecule has 6 nitrogen and oxygen atoms in total. The Morgan fingerprint density at radius 1 is 1.00 bits per heavy atom. The number of aryl methyl sites for hydroxylation is 1. The zero-order valence-electron chi connectivity index (χ0n) is 17.2. The van der Waals surface area contributed by atoms with E-state index < -0.39 is 0 Å². The van der Waals surface area contributed by atoms with E-state index in [0.29, 0.717) is 23.5 Å². The molecule has 0 fully saturated rings. The van der Waals surface area contributed by atoms with E-state index in [9.17, 15) is 9.59 Å². The van der Waals surface area contributed by atoms with Crippen LogP contribution in [-0.2, 0) is 14.3 Å². The normalized spacial score (nSPS) is 14.0. The molecule has 0 spiro atoms. The fourth-order valence-electron chi connectivity index (χ4n) is 3.25. The van der Waals surface area contributed by atoms with Gasteiger partial charge in [0.05, 0.1) is 25.3 Å². The van der Waals surface area contributed by atoms with Gasteiger partial charge in [0.15, 0.2) is 0 Å². The molecule has 0 saturated heterocycles. The summed E-state index contributed by atoms with van der Waals surface area (Å²) in [5.74, 6) is 0.0368. The molecule has 152 valence electrons. The summed E-state index contributed by atoms with van der Waals surface area (Å²) in [4.78, 5) is 27.4. The van der Waals surface area contributed by atoms with E-state index in [1.807, 2.05) is 39.0 Å². The number of rotatable bonds is 8. The van der Waals surface area contributed by atoms with Gasteiger partial charge in [0.2, 0.25) is 0 Å². The van der Waals surface area contributed by atoms with Crippen LogP contribution in [0.4, 0.5) is 5.69 Å². The molecule has 0 saturated carbocycles. The molecule has 1 aliphatic heterocycles. The van der Waals surface area contributed by atoms with Crippen molar-refractivity contribution in [3.8, 4) is 5.75 Å². The fraction of sp³-hybridized carbons (Fsp3) is 0.304. The second kappa shape index (κ2) is 8.92. The van der Waals surface area contributed by atoms with Crippen molar-refractivity contribution in [2.24, 2.45) is 0 Å². The topological polar surface area (TPSA) is 67.9 Å². The first kappa shape index (κ1) is 20.6. The maximum atomic E-state index is 13.1. The van der Waals surface area contributed by atoms with Crippen LogP contribution in [0.5, 0.6) is 5.75 Å². The van der Waals surface area contributed by atoms with E-state index in [0.717, 1.165) is 16.8 Å². The summed E-state index contributed by atoms with van der Waals surface area (Å²) in [5, 5.41) is 3.22. The molecule has 0 aliphatic carbocycles. The number of amides is 2. The van der Waals surface area contributed by atoms with Crippen molar-refractivity contribution in [3.05, 3.63) is 64.9 Å². The minimum absolute atomic E-state index is 0.201. The Bertz CT molecular complexity index is 948. The van der Waals surface area contributed by atoms with Crippen LogP contribution in [0.15, 0.2) is 48.2 Å². The molecule has 0 unspecified atom stereocenters. The lowest BCUT2D eigenvalue weighted by Gasteiger charge is -2.15. The number of hydrogen-bond acceptors (Lipinski definition) is 5. The van der Waals surface area contributed by atoms with Gasteiger partial charge in [-0.15, -0.1) is 0 Å². The first-order valence-electron chi connectivity index (χ1n) is 9.63. The van der Waals surface area contributed by atoms with E-state index in [-0.39, 0.29) is 30.7 Å². The van der Waals surface area contributed by atoms with E-state index >= 15 is 0 Å². The van der Waals surface area contributed by atoms with Crippen LogP contribution in [0.2, 0.25) is 0 Å². The number of carbonyl (C=O) groups excluding carboxylic acids is 2. The Labute approximate surface area is 171 Å². The van der Waals surface area contributed by atoms with Crippen LogP contribution in [0.1, 0.15) is 23.6 Å². The fourth-order valence-corrected chi connectivity index (χ4v) is 3.25. The molecule has 2 aromatic rings. The minimum atomic E-state index is -0.350. The van der Waals surface area contributed by atoms with Crippen LogP contribution in [-0.4, -0.2) is 43.6 Å². The third-order valence-electron chi connectivity index (χ3n) is 5.01. The van der Waals surface area contributed by atoms with E-state index in [4.69, 9.17) is 9.47 Å². The average Bonchev–Trinajstić information content (AvgIpc) is 2.94. The monoisotopic (exact) mass is 394 g/mol. The van der Waals surface area contributed by atoms with Gasteiger partial charge < -0.3 is 14.8 Å². The van der Waals surface area contributed by atoms with Gasteiger partial charge in [-0.1, -0.05) is 24.3 Å². The Balaban J connectivity index is 2.04. The first-order chi connectivity index (χ1) is 14.0. The molecule has 0 atom stereocenters. The number of carbonyl (C=O) groups is 2. The number of nitrogens with one attached hydrogen (secondary N) is 1. The summed E-state index contributed by atoms with van der Waals surface area (Å²) in [5.41, 5.74) is 4.24. The van der Waals surface area contributed by atoms with Crippen LogP contribution >= 0.6 is 0 Å². The molecular formula is C23H26N2O4. The van der Waals surface area contributed by atoms with Crippen molar-refractivity contribution in [3.63, 3.8) is 0 Å². The molecule has 29 heavy (non-hydrogen) atoms. The zero-order valence-corrected chi connectivity index (χ0v) is 17.2. The van der Waals surface area contributed by atoms with Crippen molar-refractivity contribution in [2.75, 3.05) is 32.2 Å². The minimum Gasteiger partial charge on any atom is -0.494 e. The standard InChI is InChI=1S/C23H26N2O4/c1-5-29-18-11-9-17(10-12-18)20-21(23(27)25(22(20)26)13-14-28-4)24-19-8-6-7-15(2)16(19)3/h6-12,24H,5,13-14H2,1-4H3. The molecule has 0 bridgehead atoms. The van der Waals surface area contributed by atoms with Gasteiger partial charge in [-0.25, -0.2) is 0 Å². The number of methoxy groups -OCH3 is 1. The van der Waals surface area contributed by atoms with Gasteiger partial charge in [-0.05, 0) is 55.7 Å². The second-order valence-electron chi connectivity index (χ2n) is 6.83. The highest BCUT2D eigenvalue weighted by Gasteiger charge is 2.39. The molecular weight excluding hydrogens is 368 g/mol. The van der Waals surface area contributed by atoms with Crippen LogP contribution in [0.3, 0.4) is 0 Å². The maximum Gasteiger partial charge on any atom is 0.278 e. The average molecular weight is 394 g/mol. The Hall–Kier alpha value is -3.12. The molecule has 1 aliphatic rings. The van der Waals surface area contributed by atoms with Gasteiger partial charge in [-0.2, -0.15) is 0 Å². The third kappa shape index (κ3) is 4.17. The molecule has 2 aromatic carbocycles. The first-order valence-corrected chi connectivity index (χ1v) is 9.63. The summed E-state index contributed by atoms with van der Waals surface area (Å²) in [6, 6.07) is 13.0. The molecule has 1 N–H and O–H groups in total. The molecule has 1 heterocycles. The zero-order chi connectivity index (χ0) is 21.0. The Kier molecular flexibility index (Phi) is 6.34. The van der Waals surface area contributed by atoms with Gasteiger partial charge in [0, 0.05) is 12.8 Å². The van der Waals surface area contributed by atoms with E-state index in [1.165, 1.54) is 4.90 Å². The van der Waals surface area contributed by atoms with Crippen LogP contribution in [0, 0.1) is 13.8 Å².